The molecule has 1 aromatic heterocycles. The van der Waals surface area contributed by atoms with E-state index in [1.165, 1.54) is 0 Å². The quantitative estimate of drug-likeness (QED) is 0.487. The number of nitrogens with two attached hydrogens (primary N) is 1. The topological polar surface area (TPSA) is 67.1 Å². The van der Waals surface area contributed by atoms with Crippen LogP contribution in [0.2, 0.25) is 0 Å². The van der Waals surface area contributed by atoms with Crippen molar-refractivity contribution in [3.63, 3.8) is 0 Å². The van der Waals surface area contributed by atoms with E-state index in [-0.39, 0.29) is 6.04 Å². The number of amidine groups is 1. The van der Waals surface area contributed by atoms with Crippen LogP contribution in [-0.2, 0) is 0 Å². The molecule has 1 aromatic rings. The molecule has 1 rings (SSSR count). The van der Waals surface area contributed by atoms with Crippen molar-refractivity contribution in [2.75, 3.05) is 0 Å². The van der Waals surface area contributed by atoms with Crippen molar-refractivity contribution >= 4 is 5.84 Å². The Morgan fingerprint density at radius 2 is 2.55 bits per heavy atom. The highest BCUT2D eigenvalue weighted by atomic mass is 15.0. The summed E-state index contributed by atoms with van der Waals surface area (Å²) in [6.45, 7) is 3.70. The van der Waals surface area contributed by atoms with Crippen LogP contribution in [0.25, 0.3) is 0 Å². The molecular weight excluding hydrogens is 140 g/mol. The van der Waals surface area contributed by atoms with Gasteiger partial charge in [-0.1, -0.05) is 0 Å². The molecule has 0 aliphatic rings. The highest BCUT2D eigenvalue weighted by molar-refractivity contribution is 5.77. The van der Waals surface area contributed by atoms with Crippen LogP contribution in [0, 0.1) is 0 Å². The van der Waals surface area contributed by atoms with Gasteiger partial charge < -0.3 is 10.7 Å². The third-order valence-electron chi connectivity index (χ3n) is 1.31. The number of imidazole rings is 1. The molecule has 0 amide bonds. The maximum absolute atomic E-state index is 5.41. The van der Waals surface area contributed by atoms with Gasteiger partial charge in [-0.2, -0.15) is 0 Å². The van der Waals surface area contributed by atoms with Gasteiger partial charge in [-0.05, 0) is 13.8 Å². The van der Waals surface area contributed by atoms with E-state index in [2.05, 4.69) is 15.0 Å². The molecule has 0 saturated heterocycles. The second kappa shape index (κ2) is 3.18. The summed E-state index contributed by atoms with van der Waals surface area (Å²) in [6.07, 6.45) is 3.47. The largest absolute Gasteiger partial charge is 0.388 e. The van der Waals surface area contributed by atoms with E-state index in [1.807, 2.05) is 6.92 Å². The molecule has 0 aromatic carbocycles. The fourth-order valence-electron chi connectivity index (χ4n) is 0.873. The molecule has 4 nitrogen and oxygen atoms in total. The van der Waals surface area contributed by atoms with Crippen LogP contribution in [0.4, 0.5) is 0 Å². The third-order valence-corrected chi connectivity index (χ3v) is 1.31. The molecule has 0 radical (unpaired) electrons. The van der Waals surface area contributed by atoms with Crippen molar-refractivity contribution in [3.8, 4) is 0 Å². The van der Waals surface area contributed by atoms with Gasteiger partial charge in [0, 0.05) is 12.4 Å². The molecule has 0 aliphatic heterocycles. The highest BCUT2D eigenvalue weighted by Gasteiger charge is 2.03. The summed E-state index contributed by atoms with van der Waals surface area (Å²) in [5.74, 6) is 1.42. The molecule has 3 N–H and O–H groups in total. The maximum atomic E-state index is 5.41. The number of hydrogen-bond donors (Lipinski definition) is 2. The molecule has 1 unspecified atom stereocenters. The van der Waals surface area contributed by atoms with Crippen LogP contribution in [0.5, 0.6) is 0 Å². The summed E-state index contributed by atoms with van der Waals surface area (Å²) in [6, 6.07) is 0.0231. The number of rotatable bonds is 2. The van der Waals surface area contributed by atoms with Crippen LogP contribution < -0.4 is 5.73 Å². The third kappa shape index (κ3) is 2.07. The molecule has 1 heterocycles. The SMILES string of the molecule is CC(N)=NC(C)c1ncc[nH]1. The molecule has 11 heavy (non-hydrogen) atoms. The molecule has 0 fully saturated rings. The van der Waals surface area contributed by atoms with E-state index in [0.717, 1.165) is 5.82 Å². The number of nitrogens with one attached hydrogen (secondary N) is 1. The average Bonchev–Trinajstić information content (AvgIpc) is 2.35. The van der Waals surface area contributed by atoms with Gasteiger partial charge in [-0.25, -0.2) is 4.98 Å². The van der Waals surface area contributed by atoms with Crippen LogP contribution in [0.15, 0.2) is 17.4 Å². The minimum Gasteiger partial charge on any atom is -0.388 e. The van der Waals surface area contributed by atoms with Crippen molar-refractivity contribution in [2.45, 2.75) is 19.9 Å². The summed E-state index contributed by atoms with van der Waals surface area (Å²) in [5, 5.41) is 0. The van der Waals surface area contributed by atoms with Gasteiger partial charge in [0.15, 0.2) is 0 Å². The normalized spacial score (nSPS) is 14.9. The van der Waals surface area contributed by atoms with Crippen molar-refractivity contribution in [1.29, 1.82) is 0 Å². The number of nitrogens with zero attached hydrogens (tertiary/aromatic N) is 2. The summed E-state index contributed by atoms with van der Waals surface area (Å²) in [4.78, 5) is 11.1. The fourth-order valence-corrected chi connectivity index (χ4v) is 0.873. The number of aliphatic imine (C=N–C) groups is 1. The first-order valence-corrected chi connectivity index (χ1v) is 3.49. The monoisotopic (exact) mass is 152 g/mol. The maximum Gasteiger partial charge on any atom is 0.130 e. The average molecular weight is 152 g/mol. The number of hydrogen-bond acceptors (Lipinski definition) is 2. The van der Waals surface area contributed by atoms with E-state index >= 15 is 0 Å². The Bertz CT molecular complexity index is 233. The van der Waals surface area contributed by atoms with Gasteiger partial charge in [0.25, 0.3) is 0 Å². The lowest BCUT2D eigenvalue weighted by atomic mass is 10.3. The Morgan fingerprint density at radius 1 is 1.82 bits per heavy atom. The molecule has 1 atom stereocenters. The smallest absolute Gasteiger partial charge is 0.130 e. The minimum atomic E-state index is 0.0231. The number of H-pyrrole nitrogens is 1. The van der Waals surface area contributed by atoms with Gasteiger partial charge in [0.2, 0.25) is 0 Å². The van der Waals surface area contributed by atoms with Gasteiger partial charge in [-0.15, -0.1) is 0 Å². The lowest BCUT2D eigenvalue weighted by molar-refractivity contribution is 0.756. The second-order valence-corrected chi connectivity index (χ2v) is 2.42. The standard InChI is InChI=1S/C7H12N4/c1-5(11-6(2)8)7-9-3-4-10-7/h3-5H,1-2H3,(H2,8,11)(H,9,10). The van der Waals surface area contributed by atoms with E-state index < -0.39 is 0 Å². The first-order valence-electron chi connectivity index (χ1n) is 3.49. The molecule has 60 valence electrons. The van der Waals surface area contributed by atoms with E-state index in [4.69, 9.17) is 5.73 Å². The predicted molar refractivity (Wildman–Crippen MR) is 44.3 cm³/mol. The van der Waals surface area contributed by atoms with Crippen LogP contribution in [-0.4, -0.2) is 15.8 Å². The van der Waals surface area contributed by atoms with Crippen molar-refractivity contribution in [1.82, 2.24) is 9.97 Å². The summed E-state index contributed by atoms with van der Waals surface area (Å²) < 4.78 is 0. The first-order chi connectivity index (χ1) is 5.20. The fraction of sp³-hybridized carbons (Fsp3) is 0.429. The minimum absolute atomic E-state index is 0.0231. The molecule has 0 aliphatic carbocycles. The van der Waals surface area contributed by atoms with E-state index in [0.29, 0.717) is 5.84 Å². The molecule has 0 saturated carbocycles. The summed E-state index contributed by atoms with van der Waals surface area (Å²) >= 11 is 0. The lowest BCUT2D eigenvalue weighted by Gasteiger charge is -2.01. The number of aromatic nitrogens is 2. The van der Waals surface area contributed by atoms with E-state index in [1.54, 1.807) is 19.3 Å². The van der Waals surface area contributed by atoms with Crippen molar-refractivity contribution in [2.24, 2.45) is 10.7 Å². The van der Waals surface area contributed by atoms with E-state index in [9.17, 15) is 0 Å². The first kappa shape index (κ1) is 7.78. The Hall–Kier alpha value is -1.32. The molecule has 0 spiro atoms. The van der Waals surface area contributed by atoms with Gasteiger partial charge in [-0.3, -0.25) is 4.99 Å². The zero-order valence-electron chi connectivity index (χ0n) is 6.70. The van der Waals surface area contributed by atoms with Crippen LogP contribution in [0.1, 0.15) is 25.7 Å². The summed E-state index contributed by atoms with van der Waals surface area (Å²) in [5.41, 5.74) is 5.41. The lowest BCUT2D eigenvalue weighted by Crippen LogP contribution is -2.07. The zero-order chi connectivity index (χ0) is 8.27. The zero-order valence-corrected chi connectivity index (χ0v) is 6.70. The Morgan fingerprint density at radius 3 is 3.00 bits per heavy atom. The Labute approximate surface area is 65.6 Å². The molecule has 4 heteroatoms. The highest BCUT2D eigenvalue weighted by Crippen LogP contribution is 2.09. The van der Waals surface area contributed by atoms with Gasteiger partial charge in [0.05, 0.1) is 5.84 Å². The van der Waals surface area contributed by atoms with Crippen LogP contribution >= 0.6 is 0 Å². The molecular formula is C7H12N4. The van der Waals surface area contributed by atoms with Crippen LogP contribution in [0.3, 0.4) is 0 Å². The Kier molecular flexibility index (Phi) is 2.25. The van der Waals surface area contributed by atoms with Crippen molar-refractivity contribution in [3.05, 3.63) is 18.2 Å². The second-order valence-electron chi connectivity index (χ2n) is 2.42. The molecule has 0 bridgehead atoms. The van der Waals surface area contributed by atoms with Gasteiger partial charge >= 0.3 is 0 Å². The van der Waals surface area contributed by atoms with Crippen molar-refractivity contribution < 1.29 is 0 Å². The van der Waals surface area contributed by atoms with Gasteiger partial charge in [0.1, 0.15) is 11.9 Å². The number of aromatic amines is 1. The Balaban J connectivity index is 2.71. The predicted octanol–water partition coefficient (Wildman–Crippen LogP) is 0.848. The summed E-state index contributed by atoms with van der Waals surface area (Å²) in [7, 11) is 0.